The second-order valence-corrected chi connectivity index (χ2v) is 4.80. The number of hydrogen-bond acceptors (Lipinski definition) is 5. The zero-order chi connectivity index (χ0) is 14.6. The van der Waals surface area contributed by atoms with Gasteiger partial charge in [-0.05, 0) is 26.0 Å². The van der Waals surface area contributed by atoms with Crippen LogP contribution in [0.5, 0.6) is 0 Å². The largest absolute Gasteiger partial charge is 0.382 e. The number of nitrogens with zero attached hydrogens (tertiary/aromatic N) is 1. The summed E-state index contributed by atoms with van der Waals surface area (Å²) < 4.78 is 5.03. The minimum Gasteiger partial charge on any atom is -0.382 e. The lowest BCUT2D eigenvalue weighted by atomic mass is 10.1. The molecular weight excluding hydrogens is 250 g/mol. The summed E-state index contributed by atoms with van der Waals surface area (Å²) in [5.41, 5.74) is 4.85. The molecule has 1 aromatic carbocycles. The van der Waals surface area contributed by atoms with E-state index in [0.29, 0.717) is 12.3 Å². The van der Waals surface area contributed by atoms with Crippen LogP contribution in [0.25, 0.3) is 0 Å². The van der Waals surface area contributed by atoms with Gasteiger partial charge >= 0.3 is 0 Å². The Hall–Kier alpha value is -2.15. The van der Waals surface area contributed by atoms with Crippen LogP contribution in [-0.2, 0) is 4.74 Å². The highest BCUT2D eigenvalue weighted by Gasteiger charge is 2.23. The Kier molecular flexibility index (Phi) is 4.44. The predicted molar refractivity (Wildman–Crippen MR) is 71.2 cm³/mol. The van der Waals surface area contributed by atoms with E-state index in [4.69, 9.17) is 10.5 Å². The maximum Gasteiger partial charge on any atom is 0.293 e. The lowest BCUT2D eigenvalue weighted by Gasteiger charge is -2.26. The Morgan fingerprint density at radius 1 is 1.53 bits per heavy atom. The number of hydrogen-bond donors (Lipinski definition) is 2. The molecule has 0 aliphatic rings. The van der Waals surface area contributed by atoms with Crippen molar-refractivity contribution in [3.8, 4) is 0 Å². The SMILES string of the molecule is COCC(C)(C)Nc1ccc(C(N)=O)cc1[N+](=O)[O-]. The molecule has 0 aliphatic heterocycles. The maximum absolute atomic E-state index is 11.0. The molecule has 0 spiro atoms. The number of carbonyl (C=O) groups is 1. The van der Waals surface area contributed by atoms with Crippen molar-refractivity contribution in [1.29, 1.82) is 0 Å². The number of rotatable bonds is 6. The van der Waals surface area contributed by atoms with Gasteiger partial charge < -0.3 is 15.8 Å². The molecule has 0 fully saturated rings. The number of primary amides is 1. The van der Waals surface area contributed by atoms with Crippen LogP contribution in [0.3, 0.4) is 0 Å². The fourth-order valence-corrected chi connectivity index (χ4v) is 1.70. The molecule has 19 heavy (non-hydrogen) atoms. The van der Waals surface area contributed by atoms with Gasteiger partial charge in [0.15, 0.2) is 0 Å². The molecular formula is C12H17N3O4. The van der Waals surface area contributed by atoms with Gasteiger partial charge in [0.05, 0.1) is 17.1 Å². The Bertz CT molecular complexity index is 500. The summed E-state index contributed by atoms with van der Waals surface area (Å²) in [6, 6.07) is 4.07. The van der Waals surface area contributed by atoms with Crippen LogP contribution in [0.15, 0.2) is 18.2 Å². The van der Waals surface area contributed by atoms with Crippen molar-refractivity contribution >= 4 is 17.3 Å². The highest BCUT2D eigenvalue weighted by Crippen LogP contribution is 2.28. The summed E-state index contributed by atoms with van der Waals surface area (Å²) in [4.78, 5) is 21.5. The van der Waals surface area contributed by atoms with E-state index in [1.165, 1.54) is 12.1 Å². The molecule has 0 unspecified atom stereocenters. The first-order valence-electron chi connectivity index (χ1n) is 5.62. The van der Waals surface area contributed by atoms with Crippen molar-refractivity contribution in [2.24, 2.45) is 5.73 Å². The Morgan fingerprint density at radius 3 is 2.63 bits per heavy atom. The molecule has 1 amide bonds. The second kappa shape index (κ2) is 5.66. The van der Waals surface area contributed by atoms with E-state index in [2.05, 4.69) is 5.32 Å². The average molecular weight is 267 g/mol. The fraction of sp³-hybridized carbons (Fsp3) is 0.417. The Morgan fingerprint density at radius 2 is 2.16 bits per heavy atom. The smallest absolute Gasteiger partial charge is 0.293 e. The fourth-order valence-electron chi connectivity index (χ4n) is 1.70. The van der Waals surface area contributed by atoms with E-state index in [-0.39, 0.29) is 11.3 Å². The van der Waals surface area contributed by atoms with Crippen molar-refractivity contribution in [3.05, 3.63) is 33.9 Å². The van der Waals surface area contributed by atoms with Crippen molar-refractivity contribution in [3.63, 3.8) is 0 Å². The molecule has 0 saturated heterocycles. The maximum atomic E-state index is 11.0. The molecule has 3 N–H and O–H groups in total. The van der Waals surface area contributed by atoms with Gasteiger partial charge in [-0.3, -0.25) is 14.9 Å². The standard InChI is InChI=1S/C12H17N3O4/c1-12(2,7-19-3)14-9-5-4-8(11(13)16)6-10(9)15(17)18/h4-6,14H,7H2,1-3H3,(H2,13,16). The van der Waals surface area contributed by atoms with Gasteiger partial charge in [0.25, 0.3) is 5.69 Å². The van der Waals surface area contributed by atoms with E-state index in [1.54, 1.807) is 7.11 Å². The van der Waals surface area contributed by atoms with Gasteiger partial charge in [0, 0.05) is 18.7 Å². The zero-order valence-corrected chi connectivity index (χ0v) is 11.1. The average Bonchev–Trinajstić information content (AvgIpc) is 2.27. The summed E-state index contributed by atoms with van der Waals surface area (Å²) in [5.74, 6) is -0.703. The molecule has 104 valence electrons. The van der Waals surface area contributed by atoms with Crippen LogP contribution >= 0.6 is 0 Å². The number of ether oxygens (including phenoxy) is 1. The molecule has 7 nitrogen and oxygen atoms in total. The molecule has 1 rings (SSSR count). The topological polar surface area (TPSA) is 107 Å². The zero-order valence-electron chi connectivity index (χ0n) is 11.1. The quantitative estimate of drug-likeness (QED) is 0.600. The van der Waals surface area contributed by atoms with Gasteiger partial charge in [0.2, 0.25) is 5.91 Å². The number of benzene rings is 1. The third-order valence-corrected chi connectivity index (χ3v) is 2.46. The van der Waals surface area contributed by atoms with Gasteiger partial charge in [-0.2, -0.15) is 0 Å². The minimum absolute atomic E-state index is 0.0989. The van der Waals surface area contributed by atoms with Crippen molar-refractivity contribution < 1.29 is 14.5 Å². The van der Waals surface area contributed by atoms with Gasteiger partial charge in [-0.1, -0.05) is 0 Å². The first kappa shape index (κ1) is 14.9. The van der Waals surface area contributed by atoms with Crippen molar-refractivity contribution in [2.45, 2.75) is 19.4 Å². The lowest BCUT2D eigenvalue weighted by molar-refractivity contribution is -0.384. The minimum atomic E-state index is -0.703. The summed E-state index contributed by atoms with van der Waals surface area (Å²) in [6.45, 7) is 4.08. The highest BCUT2D eigenvalue weighted by atomic mass is 16.6. The van der Waals surface area contributed by atoms with Crippen LogP contribution in [0.1, 0.15) is 24.2 Å². The monoisotopic (exact) mass is 267 g/mol. The molecule has 0 saturated carbocycles. The first-order valence-corrected chi connectivity index (χ1v) is 5.62. The molecule has 0 atom stereocenters. The van der Waals surface area contributed by atoms with Crippen molar-refractivity contribution in [2.75, 3.05) is 19.0 Å². The molecule has 0 aromatic heterocycles. The van der Waals surface area contributed by atoms with Crippen LogP contribution in [0.4, 0.5) is 11.4 Å². The van der Waals surface area contributed by atoms with E-state index in [9.17, 15) is 14.9 Å². The molecule has 7 heteroatoms. The Balaban J connectivity index is 3.14. The van der Waals surface area contributed by atoms with Crippen LogP contribution in [0.2, 0.25) is 0 Å². The summed E-state index contributed by atoms with van der Waals surface area (Å²) >= 11 is 0. The number of anilines is 1. The third-order valence-electron chi connectivity index (χ3n) is 2.46. The van der Waals surface area contributed by atoms with Crippen molar-refractivity contribution in [1.82, 2.24) is 0 Å². The van der Waals surface area contributed by atoms with Crippen LogP contribution in [0, 0.1) is 10.1 Å². The second-order valence-electron chi connectivity index (χ2n) is 4.80. The third kappa shape index (κ3) is 3.92. The van der Waals surface area contributed by atoms with E-state index in [1.807, 2.05) is 13.8 Å². The molecule has 0 radical (unpaired) electrons. The molecule has 1 aromatic rings. The molecule has 0 heterocycles. The number of carbonyl (C=O) groups excluding carboxylic acids is 1. The Labute approximate surface area is 110 Å². The molecule has 0 bridgehead atoms. The number of amides is 1. The predicted octanol–water partition coefficient (Wildman–Crippen LogP) is 1.53. The van der Waals surface area contributed by atoms with Crippen LogP contribution in [-0.4, -0.2) is 30.1 Å². The number of nitrogens with two attached hydrogens (primary N) is 1. The van der Waals surface area contributed by atoms with E-state index < -0.39 is 16.4 Å². The first-order chi connectivity index (χ1) is 8.76. The summed E-state index contributed by atoms with van der Waals surface area (Å²) in [5, 5.41) is 14.0. The summed E-state index contributed by atoms with van der Waals surface area (Å²) in [6.07, 6.45) is 0. The molecule has 0 aliphatic carbocycles. The van der Waals surface area contributed by atoms with E-state index in [0.717, 1.165) is 6.07 Å². The number of nitro benzene ring substituents is 1. The van der Waals surface area contributed by atoms with Gasteiger partial charge in [-0.15, -0.1) is 0 Å². The number of nitrogens with one attached hydrogen (secondary N) is 1. The number of methoxy groups -OCH3 is 1. The van der Waals surface area contributed by atoms with Crippen LogP contribution < -0.4 is 11.1 Å². The van der Waals surface area contributed by atoms with Gasteiger partial charge in [-0.25, -0.2) is 0 Å². The summed E-state index contributed by atoms with van der Waals surface area (Å²) in [7, 11) is 1.55. The lowest BCUT2D eigenvalue weighted by Crippen LogP contribution is -2.36. The normalized spacial score (nSPS) is 11.1. The van der Waals surface area contributed by atoms with Gasteiger partial charge in [0.1, 0.15) is 5.69 Å². The highest BCUT2D eigenvalue weighted by molar-refractivity contribution is 5.94. The van der Waals surface area contributed by atoms with E-state index >= 15 is 0 Å². The number of nitro groups is 1.